The Bertz CT molecular complexity index is 421. The second kappa shape index (κ2) is 3.89. The molecule has 0 aliphatic rings. The van der Waals surface area contributed by atoms with Crippen LogP contribution in [0.1, 0.15) is 11.8 Å². The largest absolute Gasteiger partial charge is 0.391 e. The van der Waals surface area contributed by atoms with Gasteiger partial charge in [-0.1, -0.05) is 0 Å². The van der Waals surface area contributed by atoms with Gasteiger partial charge in [-0.2, -0.15) is 0 Å². The second-order valence-electron chi connectivity index (χ2n) is 2.85. The molecule has 4 nitrogen and oxygen atoms in total. The minimum absolute atomic E-state index is 0.0535. The average Bonchev–Trinajstić information content (AvgIpc) is 2.85. The van der Waals surface area contributed by atoms with Gasteiger partial charge in [0.25, 0.3) is 0 Å². The molecule has 0 aliphatic heterocycles. The fraction of sp³-hybridized carbons (Fsp3) is 0.333. The molecule has 0 saturated carbocycles. The number of thiazole rings is 1. The number of rotatable bonds is 3. The Labute approximate surface area is 85.9 Å². The first-order chi connectivity index (χ1) is 6.85. The number of aliphatic hydroxyl groups is 1. The summed E-state index contributed by atoms with van der Waals surface area (Å²) in [5, 5.41) is 9.83. The summed E-state index contributed by atoms with van der Waals surface area (Å²) in [4.78, 5) is 9.19. The number of aliphatic hydroxyl groups excluding tert-OH is 1. The molecule has 0 radical (unpaired) electrons. The summed E-state index contributed by atoms with van der Waals surface area (Å²) in [5.41, 5.74) is 1.01. The Kier molecular flexibility index (Phi) is 2.60. The summed E-state index contributed by atoms with van der Waals surface area (Å²) in [7, 11) is 0. The zero-order valence-corrected chi connectivity index (χ0v) is 8.66. The lowest BCUT2D eigenvalue weighted by molar-refractivity contribution is 0.285. The maximum absolute atomic E-state index is 8.92. The summed E-state index contributed by atoms with van der Waals surface area (Å²) in [6.07, 6.45) is 5.28. The SMILES string of the molecule is CCn1cncc1-c1ncc(CO)s1. The van der Waals surface area contributed by atoms with Gasteiger partial charge in [0.2, 0.25) is 0 Å². The van der Waals surface area contributed by atoms with Crippen molar-refractivity contribution in [3.8, 4) is 10.7 Å². The van der Waals surface area contributed by atoms with E-state index in [0.717, 1.165) is 22.1 Å². The van der Waals surface area contributed by atoms with E-state index in [9.17, 15) is 0 Å². The topological polar surface area (TPSA) is 50.9 Å². The number of nitrogens with zero attached hydrogens (tertiary/aromatic N) is 3. The highest BCUT2D eigenvalue weighted by Gasteiger charge is 2.08. The van der Waals surface area contributed by atoms with E-state index in [-0.39, 0.29) is 6.61 Å². The predicted octanol–water partition coefficient (Wildman–Crippen LogP) is 1.52. The van der Waals surface area contributed by atoms with Crippen LogP contribution in [-0.2, 0) is 13.2 Å². The highest BCUT2D eigenvalue weighted by Crippen LogP contribution is 2.24. The molecular formula is C9H11N3OS. The van der Waals surface area contributed by atoms with E-state index in [0.29, 0.717) is 0 Å². The molecular weight excluding hydrogens is 198 g/mol. The summed E-state index contributed by atoms with van der Waals surface area (Å²) in [5.74, 6) is 0. The van der Waals surface area contributed by atoms with Crippen LogP contribution in [0.4, 0.5) is 0 Å². The zero-order valence-electron chi connectivity index (χ0n) is 7.84. The lowest BCUT2D eigenvalue weighted by atomic mass is 10.5. The highest BCUT2D eigenvalue weighted by molar-refractivity contribution is 7.14. The monoisotopic (exact) mass is 209 g/mol. The molecule has 1 N–H and O–H groups in total. The van der Waals surface area contributed by atoms with Crippen molar-refractivity contribution in [1.82, 2.24) is 14.5 Å². The first-order valence-electron chi connectivity index (χ1n) is 4.41. The van der Waals surface area contributed by atoms with Gasteiger partial charge in [-0.3, -0.25) is 0 Å². The number of aromatic nitrogens is 3. The number of hydrogen-bond donors (Lipinski definition) is 1. The van der Waals surface area contributed by atoms with Gasteiger partial charge < -0.3 is 9.67 Å². The van der Waals surface area contributed by atoms with Crippen LogP contribution in [-0.4, -0.2) is 19.6 Å². The lowest BCUT2D eigenvalue weighted by Gasteiger charge is -1.99. The molecule has 2 rings (SSSR count). The van der Waals surface area contributed by atoms with Crippen LogP contribution >= 0.6 is 11.3 Å². The van der Waals surface area contributed by atoms with E-state index in [1.54, 1.807) is 18.7 Å². The third kappa shape index (κ3) is 1.56. The number of hydrogen-bond acceptors (Lipinski definition) is 4. The van der Waals surface area contributed by atoms with Gasteiger partial charge in [-0.25, -0.2) is 9.97 Å². The van der Waals surface area contributed by atoms with Crippen LogP contribution in [0.3, 0.4) is 0 Å². The maximum Gasteiger partial charge on any atom is 0.141 e. The van der Waals surface area contributed by atoms with Crippen molar-refractivity contribution < 1.29 is 5.11 Å². The molecule has 0 atom stereocenters. The van der Waals surface area contributed by atoms with Crippen LogP contribution in [0.25, 0.3) is 10.7 Å². The van der Waals surface area contributed by atoms with Crippen molar-refractivity contribution >= 4 is 11.3 Å². The molecule has 5 heteroatoms. The van der Waals surface area contributed by atoms with Crippen LogP contribution in [0.15, 0.2) is 18.7 Å². The zero-order chi connectivity index (χ0) is 9.97. The van der Waals surface area contributed by atoms with Gasteiger partial charge in [0.15, 0.2) is 0 Å². The quantitative estimate of drug-likeness (QED) is 0.833. The van der Waals surface area contributed by atoms with Crippen LogP contribution < -0.4 is 0 Å². The number of imidazole rings is 1. The average molecular weight is 209 g/mol. The first kappa shape index (κ1) is 9.36. The van der Waals surface area contributed by atoms with Crippen LogP contribution in [0.5, 0.6) is 0 Å². The second-order valence-corrected chi connectivity index (χ2v) is 3.97. The van der Waals surface area contributed by atoms with E-state index < -0.39 is 0 Å². The van der Waals surface area contributed by atoms with Gasteiger partial charge >= 0.3 is 0 Å². The summed E-state index contributed by atoms with van der Waals surface area (Å²) in [6.45, 7) is 2.99. The van der Waals surface area contributed by atoms with Crippen molar-refractivity contribution in [2.24, 2.45) is 0 Å². The molecule has 14 heavy (non-hydrogen) atoms. The lowest BCUT2D eigenvalue weighted by Crippen LogP contribution is -1.93. The van der Waals surface area contributed by atoms with Crippen molar-refractivity contribution in [3.05, 3.63) is 23.6 Å². The Morgan fingerprint density at radius 2 is 2.36 bits per heavy atom. The molecule has 0 unspecified atom stereocenters. The molecule has 2 aromatic heterocycles. The van der Waals surface area contributed by atoms with Gasteiger partial charge in [0.1, 0.15) is 5.01 Å². The smallest absolute Gasteiger partial charge is 0.141 e. The molecule has 0 spiro atoms. The van der Waals surface area contributed by atoms with E-state index in [1.807, 2.05) is 4.57 Å². The van der Waals surface area contributed by atoms with Crippen LogP contribution in [0, 0.1) is 0 Å². The number of aryl methyl sites for hydroxylation is 1. The van der Waals surface area contributed by atoms with Crippen molar-refractivity contribution in [2.45, 2.75) is 20.1 Å². The molecule has 2 heterocycles. The minimum atomic E-state index is 0.0535. The predicted molar refractivity (Wildman–Crippen MR) is 54.9 cm³/mol. The molecule has 0 amide bonds. The van der Waals surface area contributed by atoms with E-state index in [2.05, 4.69) is 16.9 Å². The molecule has 0 saturated heterocycles. The summed E-state index contributed by atoms with van der Waals surface area (Å²) >= 11 is 1.50. The third-order valence-corrected chi connectivity index (χ3v) is 2.99. The normalized spacial score (nSPS) is 10.7. The maximum atomic E-state index is 8.92. The minimum Gasteiger partial charge on any atom is -0.391 e. The van der Waals surface area contributed by atoms with Gasteiger partial charge in [-0.05, 0) is 6.92 Å². The molecule has 0 aromatic carbocycles. The Hall–Kier alpha value is -1.20. The molecule has 0 fully saturated rings. The highest BCUT2D eigenvalue weighted by atomic mass is 32.1. The van der Waals surface area contributed by atoms with Crippen LogP contribution in [0.2, 0.25) is 0 Å². The van der Waals surface area contributed by atoms with E-state index >= 15 is 0 Å². The fourth-order valence-electron chi connectivity index (χ4n) is 1.25. The molecule has 74 valence electrons. The van der Waals surface area contributed by atoms with Gasteiger partial charge in [0, 0.05) is 12.7 Å². The van der Waals surface area contributed by atoms with Crippen molar-refractivity contribution in [1.29, 1.82) is 0 Å². The standard InChI is InChI=1S/C9H11N3OS/c1-2-12-6-10-4-8(12)9-11-3-7(5-13)14-9/h3-4,6,13H,2,5H2,1H3. The Morgan fingerprint density at radius 1 is 1.50 bits per heavy atom. The van der Waals surface area contributed by atoms with E-state index in [1.165, 1.54) is 11.3 Å². The fourth-order valence-corrected chi connectivity index (χ4v) is 2.05. The van der Waals surface area contributed by atoms with Gasteiger partial charge in [0.05, 0.1) is 29.7 Å². The van der Waals surface area contributed by atoms with E-state index in [4.69, 9.17) is 5.11 Å². The molecule has 2 aromatic rings. The van der Waals surface area contributed by atoms with Crippen molar-refractivity contribution in [3.63, 3.8) is 0 Å². The summed E-state index contributed by atoms with van der Waals surface area (Å²) < 4.78 is 2.03. The summed E-state index contributed by atoms with van der Waals surface area (Å²) in [6, 6.07) is 0. The first-order valence-corrected chi connectivity index (χ1v) is 5.23. The third-order valence-electron chi connectivity index (χ3n) is 1.98. The van der Waals surface area contributed by atoms with Crippen molar-refractivity contribution in [2.75, 3.05) is 0 Å². The molecule has 0 aliphatic carbocycles. The Balaban J connectivity index is 2.38. The van der Waals surface area contributed by atoms with Gasteiger partial charge in [-0.15, -0.1) is 11.3 Å². The molecule has 0 bridgehead atoms. The Morgan fingerprint density at radius 3 is 3.00 bits per heavy atom.